The minimum Gasteiger partial charge on any atom is -0.357 e. The van der Waals surface area contributed by atoms with Crippen LogP contribution < -0.4 is 10.6 Å². The van der Waals surface area contributed by atoms with Crippen molar-refractivity contribution in [1.29, 1.82) is 0 Å². The number of aliphatic imine (C=N–C) groups is 1. The molecule has 176 valence electrons. The van der Waals surface area contributed by atoms with Gasteiger partial charge in [-0.05, 0) is 77.1 Å². The number of hydrogen-bond acceptors (Lipinski definition) is 3. The first-order valence-corrected chi connectivity index (χ1v) is 12.2. The van der Waals surface area contributed by atoms with Gasteiger partial charge in [-0.1, -0.05) is 30.7 Å². The van der Waals surface area contributed by atoms with Gasteiger partial charge in [0.15, 0.2) is 5.96 Å². The molecule has 0 radical (unpaired) electrons. The van der Waals surface area contributed by atoms with Crippen molar-refractivity contribution in [3.63, 3.8) is 0 Å². The van der Waals surface area contributed by atoms with Crippen LogP contribution in [-0.4, -0.2) is 45.8 Å². The Balaban J connectivity index is 1.56. The lowest BCUT2D eigenvalue weighted by atomic mass is 10.0. The zero-order chi connectivity index (χ0) is 23.1. The van der Waals surface area contributed by atoms with E-state index in [4.69, 9.17) is 4.99 Å². The van der Waals surface area contributed by atoms with E-state index in [1.807, 2.05) is 11.7 Å². The van der Waals surface area contributed by atoms with E-state index in [2.05, 4.69) is 79.5 Å². The monoisotopic (exact) mass is 438 g/mol. The van der Waals surface area contributed by atoms with E-state index in [-0.39, 0.29) is 6.04 Å². The third kappa shape index (κ3) is 6.58. The first-order chi connectivity index (χ1) is 15.4. The van der Waals surface area contributed by atoms with Gasteiger partial charge in [-0.3, -0.25) is 9.58 Å². The third-order valence-electron chi connectivity index (χ3n) is 6.67. The molecule has 2 unspecified atom stereocenters. The van der Waals surface area contributed by atoms with E-state index >= 15 is 0 Å². The summed E-state index contributed by atoms with van der Waals surface area (Å²) < 4.78 is 1.96. The van der Waals surface area contributed by atoms with E-state index in [0.717, 1.165) is 31.2 Å². The molecule has 3 rings (SSSR count). The van der Waals surface area contributed by atoms with Crippen molar-refractivity contribution in [2.75, 3.05) is 13.1 Å². The smallest absolute Gasteiger partial charge is 0.191 e. The maximum atomic E-state index is 4.84. The van der Waals surface area contributed by atoms with Gasteiger partial charge in [0.2, 0.25) is 0 Å². The van der Waals surface area contributed by atoms with Crippen molar-refractivity contribution in [3.05, 3.63) is 52.3 Å². The molecule has 2 heterocycles. The number of piperidine rings is 1. The number of likely N-dealkylation sites (tertiary alicyclic amines) is 1. The van der Waals surface area contributed by atoms with Crippen LogP contribution in [0.1, 0.15) is 68.1 Å². The molecular weight excluding hydrogens is 396 g/mol. The van der Waals surface area contributed by atoms with Gasteiger partial charge >= 0.3 is 0 Å². The second-order valence-corrected chi connectivity index (χ2v) is 9.35. The molecule has 1 fully saturated rings. The van der Waals surface area contributed by atoms with Crippen LogP contribution in [0.25, 0.3) is 0 Å². The summed E-state index contributed by atoms with van der Waals surface area (Å²) in [6, 6.07) is 9.95. The number of benzene rings is 1. The fourth-order valence-corrected chi connectivity index (χ4v) is 4.57. The Labute approximate surface area is 194 Å². The molecule has 6 heteroatoms. The normalized spacial score (nSPS) is 18.6. The van der Waals surface area contributed by atoms with Gasteiger partial charge in [0.25, 0.3) is 0 Å². The Bertz CT molecular complexity index is 882. The summed E-state index contributed by atoms with van der Waals surface area (Å²) in [6.07, 6.45) is 4.96. The molecule has 1 aromatic heterocycles. The summed E-state index contributed by atoms with van der Waals surface area (Å²) in [4.78, 5) is 7.44. The molecule has 2 atom stereocenters. The van der Waals surface area contributed by atoms with Crippen molar-refractivity contribution < 1.29 is 0 Å². The minimum absolute atomic E-state index is 0.267. The highest BCUT2D eigenvalue weighted by Crippen LogP contribution is 2.19. The average Bonchev–Trinajstić information content (AvgIpc) is 3.00. The van der Waals surface area contributed by atoms with Crippen LogP contribution in [0.5, 0.6) is 0 Å². The zero-order valence-electron chi connectivity index (χ0n) is 20.9. The average molecular weight is 439 g/mol. The van der Waals surface area contributed by atoms with Crippen LogP contribution >= 0.6 is 0 Å². The third-order valence-corrected chi connectivity index (χ3v) is 6.67. The zero-order valence-corrected chi connectivity index (χ0v) is 20.9. The topological polar surface area (TPSA) is 57.5 Å². The fourth-order valence-electron chi connectivity index (χ4n) is 4.57. The van der Waals surface area contributed by atoms with Crippen molar-refractivity contribution in [2.45, 2.75) is 85.5 Å². The van der Waals surface area contributed by atoms with Crippen molar-refractivity contribution in [3.8, 4) is 0 Å². The molecule has 2 N–H and O–H groups in total. The predicted molar refractivity (Wildman–Crippen MR) is 134 cm³/mol. The summed E-state index contributed by atoms with van der Waals surface area (Å²) in [6.45, 7) is 14.7. The largest absolute Gasteiger partial charge is 0.357 e. The summed E-state index contributed by atoms with van der Waals surface area (Å²) in [7, 11) is 2.01. The van der Waals surface area contributed by atoms with E-state index in [1.165, 1.54) is 48.2 Å². The van der Waals surface area contributed by atoms with Crippen LogP contribution in [0.15, 0.2) is 29.3 Å². The Morgan fingerprint density at radius 2 is 1.91 bits per heavy atom. The molecule has 2 aromatic rings. The number of rotatable bonds is 8. The van der Waals surface area contributed by atoms with Gasteiger partial charge < -0.3 is 10.6 Å². The second-order valence-electron chi connectivity index (χ2n) is 9.35. The Morgan fingerprint density at radius 3 is 2.53 bits per heavy atom. The van der Waals surface area contributed by atoms with Gasteiger partial charge in [0.1, 0.15) is 0 Å². The molecule has 1 aromatic carbocycles. The molecule has 0 amide bonds. The number of hydrogen-bond donors (Lipinski definition) is 2. The molecule has 1 aliphatic rings. The number of guanidine groups is 1. The van der Waals surface area contributed by atoms with Crippen LogP contribution in [0.4, 0.5) is 0 Å². The van der Waals surface area contributed by atoms with Gasteiger partial charge in [-0.25, -0.2) is 4.99 Å². The first-order valence-electron chi connectivity index (χ1n) is 12.2. The number of aromatic nitrogens is 2. The molecular formula is C26H42N6. The second kappa shape index (κ2) is 11.5. The highest BCUT2D eigenvalue weighted by molar-refractivity contribution is 5.80. The summed E-state index contributed by atoms with van der Waals surface area (Å²) >= 11 is 0. The molecule has 0 bridgehead atoms. The van der Waals surface area contributed by atoms with E-state index in [1.54, 1.807) is 0 Å². The van der Waals surface area contributed by atoms with Crippen molar-refractivity contribution in [2.24, 2.45) is 12.0 Å². The highest BCUT2D eigenvalue weighted by atomic mass is 15.3. The summed E-state index contributed by atoms with van der Waals surface area (Å²) in [5.41, 5.74) is 6.30. The SMILES string of the molecule is CCNC(=NCc1ccc(CN2CCCCC2C)cc1)NC(C)Cc1c(C)nn(C)c1C. The predicted octanol–water partition coefficient (Wildman–Crippen LogP) is 4.10. The number of nitrogens with zero attached hydrogens (tertiary/aromatic N) is 4. The number of aryl methyl sites for hydroxylation is 2. The van der Waals surface area contributed by atoms with E-state index < -0.39 is 0 Å². The molecule has 0 aliphatic carbocycles. The Kier molecular flexibility index (Phi) is 8.74. The maximum absolute atomic E-state index is 4.84. The minimum atomic E-state index is 0.267. The Morgan fingerprint density at radius 1 is 1.19 bits per heavy atom. The van der Waals surface area contributed by atoms with Crippen LogP contribution in [0.2, 0.25) is 0 Å². The number of nitrogens with one attached hydrogen (secondary N) is 2. The maximum Gasteiger partial charge on any atom is 0.191 e. The van der Waals surface area contributed by atoms with Gasteiger partial charge in [0, 0.05) is 37.9 Å². The molecule has 1 saturated heterocycles. The van der Waals surface area contributed by atoms with E-state index in [0.29, 0.717) is 12.6 Å². The van der Waals surface area contributed by atoms with Crippen LogP contribution in [0.3, 0.4) is 0 Å². The van der Waals surface area contributed by atoms with Gasteiger partial charge in [-0.15, -0.1) is 0 Å². The van der Waals surface area contributed by atoms with Crippen molar-refractivity contribution in [1.82, 2.24) is 25.3 Å². The lowest BCUT2D eigenvalue weighted by Crippen LogP contribution is -2.43. The standard InChI is InChI=1S/C26H42N6/c1-7-27-26(29-19(2)16-25-21(4)30-31(6)22(25)5)28-17-23-11-13-24(14-12-23)18-32-15-9-8-10-20(32)3/h11-14,19-20H,7-10,15-18H2,1-6H3,(H2,27,28,29). The summed E-state index contributed by atoms with van der Waals surface area (Å²) in [5.74, 6) is 0.866. The molecule has 0 saturated carbocycles. The lowest BCUT2D eigenvalue weighted by Gasteiger charge is -2.33. The summed E-state index contributed by atoms with van der Waals surface area (Å²) in [5, 5.41) is 11.5. The van der Waals surface area contributed by atoms with Crippen LogP contribution in [-0.2, 0) is 26.6 Å². The fraction of sp³-hybridized carbons (Fsp3) is 0.615. The van der Waals surface area contributed by atoms with Gasteiger partial charge in [0.05, 0.1) is 12.2 Å². The molecule has 0 spiro atoms. The lowest BCUT2D eigenvalue weighted by molar-refractivity contribution is 0.152. The molecule has 6 nitrogen and oxygen atoms in total. The first kappa shape index (κ1) is 24.3. The molecule has 32 heavy (non-hydrogen) atoms. The molecule has 1 aliphatic heterocycles. The highest BCUT2D eigenvalue weighted by Gasteiger charge is 2.18. The quantitative estimate of drug-likeness (QED) is 0.481. The Hall–Kier alpha value is -2.34. The van der Waals surface area contributed by atoms with E-state index in [9.17, 15) is 0 Å². The van der Waals surface area contributed by atoms with Crippen LogP contribution in [0, 0.1) is 13.8 Å². The van der Waals surface area contributed by atoms with Gasteiger partial charge in [-0.2, -0.15) is 5.10 Å². The van der Waals surface area contributed by atoms with Crippen molar-refractivity contribution >= 4 is 5.96 Å².